The Hall–Kier alpha value is -4.19. The molecule has 0 bridgehead atoms. The van der Waals surface area contributed by atoms with Crippen LogP contribution in [0.3, 0.4) is 0 Å². The molecule has 6 heteroatoms. The number of carbonyl (C=O) groups excluding carboxylic acids is 3. The van der Waals surface area contributed by atoms with Crippen molar-refractivity contribution in [3.05, 3.63) is 122 Å². The number of unbranched alkanes of at least 4 members (excludes halogenated alkanes) is 12. The Morgan fingerprint density at radius 1 is 0.373 bits per heavy atom. The number of hydrogen-bond donors (Lipinski definition) is 0. The van der Waals surface area contributed by atoms with Gasteiger partial charge in [-0.15, -0.1) is 0 Å². The summed E-state index contributed by atoms with van der Waals surface area (Å²) in [6.45, 7) is 6.28. The van der Waals surface area contributed by atoms with Gasteiger partial charge < -0.3 is 14.2 Å². The third-order valence-electron chi connectivity index (χ3n) is 9.05. The molecule has 0 aliphatic carbocycles. The van der Waals surface area contributed by atoms with Gasteiger partial charge in [0.15, 0.2) is 6.10 Å². The lowest BCUT2D eigenvalue weighted by Crippen LogP contribution is -2.30. The van der Waals surface area contributed by atoms with Crippen LogP contribution in [0, 0.1) is 0 Å². The van der Waals surface area contributed by atoms with E-state index in [4.69, 9.17) is 14.2 Å². The summed E-state index contributed by atoms with van der Waals surface area (Å²) in [6.07, 6.45) is 63.4. The van der Waals surface area contributed by atoms with Crippen molar-refractivity contribution in [2.45, 2.75) is 181 Å². The minimum Gasteiger partial charge on any atom is -0.462 e. The summed E-state index contributed by atoms with van der Waals surface area (Å²) in [4.78, 5) is 37.7. The lowest BCUT2D eigenvalue weighted by Gasteiger charge is -2.18. The Bertz CT molecular complexity index is 1300. The molecular formula is C53H82O6. The molecule has 0 amide bonds. The topological polar surface area (TPSA) is 78.9 Å². The fourth-order valence-electron chi connectivity index (χ4n) is 5.57. The van der Waals surface area contributed by atoms with E-state index in [9.17, 15) is 14.4 Å². The normalized spacial score (nSPS) is 13.2. The molecule has 0 aliphatic rings. The van der Waals surface area contributed by atoms with Crippen molar-refractivity contribution in [2.75, 3.05) is 13.2 Å². The predicted octanol–water partition coefficient (Wildman–Crippen LogP) is 15.0. The molecule has 0 spiro atoms. The van der Waals surface area contributed by atoms with Crippen molar-refractivity contribution in [3.63, 3.8) is 0 Å². The number of hydrogen-bond acceptors (Lipinski definition) is 6. The number of rotatable bonds is 39. The monoisotopic (exact) mass is 815 g/mol. The molecule has 6 nitrogen and oxygen atoms in total. The maximum absolute atomic E-state index is 12.7. The maximum Gasteiger partial charge on any atom is 0.306 e. The van der Waals surface area contributed by atoms with Gasteiger partial charge in [0.25, 0.3) is 0 Å². The fraction of sp³-hybridized carbons (Fsp3) is 0.566. The quantitative estimate of drug-likeness (QED) is 0.0202. The van der Waals surface area contributed by atoms with Gasteiger partial charge in [0.2, 0.25) is 0 Å². The van der Waals surface area contributed by atoms with E-state index in [-0.39, 0.29) is 50.4 Å². The van der Waals surface area contributed by atoms with Crippen LogP contribution in [0.15, 0.2) is 122 Å². The Balaban J connectivity index is 4.58. The molecule has 0 aromatic carbocycles. The minimum atomic E-state index is -0.834. The first-order valence-electron chi connectivity index (χ1n) is 23.1. The van der Waals surface area contributed by atoms with Crippen LogP contribution in [0.1, 0.15) is 175 Å². The van der Waals surface area contributed by atoms with Gasteiger partial charge in [-0.25, -0.2) is 0 Å². The van der Waals surface area contributed by atoms with Crippen molar-refractivity contribution >= 4 is 17.9 Å². The zero-order chi connectivity index (χ0) is 43.0. The van der Waals surface area contributed by atoms with Crippen LogP contribution in [0.4, 0.5) is 0 Å². The van der Waals surface area contributed by atoms with Gasteiger partial charge in [-0.1, -0.05) is 181 Å². The van der Waals surface area contributed by atoms with Crippen LogP contribution in [0.2, 0.25) is 0 Å². The van der Waals surface area contributed by atoms with Crippen LogP contribution in [0.25, 0.3) is 0 Å². The van der Waals surface area contributed by atoms with Gasteiger partial charge in [0.1, 0.15) is 13.2 Å². The van der Waals surface area contributed by atoms with Gasteiger partial charge in [-0.05, 0) is 96.3 Å². The Morgan fingerprint density at radius 2 is 0.746 bits per heavy atom. The molecule has 0 saturated heterocycles. The third kappa shape index (κ3) is 44.8. The highest BCUT2D eigenvalue weighted by molar-refractivity contribution is 5.71. The lowest BCUT2D eigenvalue weighted by atomic mass is 10.1. The Labute approximate surface area is 361 Å². The first-order chi connectivity index (χ1) is 29.0. The molecule has 0 saturated carbocycles. The molecule has 0 aromatic rings. The second-order valence-electron chi connectivity index (χ2n) is 14.7. The second-order valence-corrected chi connectivity index (χ2v) is 14.7. The first-order valence-corrected chi connectivity index (χ1v) is 23.1. The third-order valence-corrected chi connectivity index (χ3v) is 9.05. The highest BCUT2D eigenvalue weighted by Crippen LogP contribution is 2.10. The molecule has 0 fully saturated rings. The number of allylic oxidation sites excluding steroid dienone is 20. The molecule has 1 atom stereocenters. The highest BCUT2D eigenvalue weighted by Gasteiger charge is 2.19. The highest BCUT2D eigenvalue weighted by atomic mass is 16.6. The first kappa shape index (κ1) is 54.8. The van der Waals surface area contributed by atoms with E-state index in [0.717, 1.165) is 64.2 Å². The summed E-state index contributed by atoms with van der Waals surface area (Å²) in [5.74, 6) is -1.08. The van der Waals surface area contributed by atoms with Crippen LogP contribution < -0.4 is 0 Å². The number of carbonyl (C=O) groups is 3. The molecule has 0 rings (SSSR count). The molecule has 0 aromatic heterocycles. The Kier molecular flexibility index (Phi) is 43.2. The molecule has 330 valence electrons. The summed E-state index contributed by atoms with van der Waals surface area (Å²) in [5.41, 5.74) is 0. The van der Waals surface area contributed by atoms with Crippen molar-refractivity contribution in [2.24, 2.45) is 0 Å². The second kappa shape index (κ2) is 46.5. The van der Waals surface area contributed by atoms with Crippen molar-refractivity contribution in [1.29, 1.82) is 0 Å². The molecule has 1 unspecified atom stereocenters. The van der Waals surface area contributed by atoms with Gasteiger partial charge in [-0.2, -0.15) is 0 Å². The minimum absolute atomic E-state index is 0.132. The van der Waals surface area contributed by atoms with E-state index in [2.05, 4.69) is 93.7 Å². The zero-order valence-electron chi connectivity index (χ0n) is 37.5. The standard InChI is InChI=1S/C53H82O6/c1-4-7-10-13-16-19-21-23-25-26-28-29-31-34-37-40-43-46-52(55)58-49-50(48-57-51(54)45-42-39-36-33-18-15-12-9-6-3)59-53(56)47-44-41-38-35-32-30-27-24-22-20-17-14-11-8-5-2/h8,11,14,16-17,19-20,22-25,27-30,32-34,36-37,50H,4-7,9-10,12-13,15,18,21,26,31,35,38-49H2,1-3H3/b11-8-,17-14-,19-16-,22-20-,25-23-,27-24-,29-28-,32-30-,36-33-,37-34-. The molecule has 0 aliphatic heterocycles. The molecule has 59 heavy (non-hydrogen) atoms. The van der Waals surface area contributed by atoms with Gasteiger partial charge in [0.05, 0.1) is 0 Å². The fourth-order valence-corrected chi connectivity index (χ4v) is 5.57. The average Bonchev–Trinajstić information content (AvgIpc) is 3.23. The summed E-state index contributed by atoms with van der Waals surface area (Å²) in [6, 6.07) is 0. The van der Waals surface area contributed by atoms with E-state index in [1.54, 1.807) is 0 Å². The van der Waals surface area contributed by atoms with E-state index in [1.807, 2.05) is 48.6 Å². The molecular weight excluding hydrogens is 733 g/mol. The number of ether oxygens (including phenoxy) is 3. The summed E-state index contributed by atoms with van der Waals surface area (Å²) in [5, 5.41) is 0. The largest absolute Gasteiger partial charge is 0.462 e. The smallest absolute Gasteiger partial charge is 0.306 e. The van der Waals surface area contributed by atoms with Crippen LogP contribution in [-0.4, -0.2) is 37.2 Å². The zero-order valence-corrected chi connectivity index (χ0v) is 37.5. The molecule has 0 heterocycles. The van der Waals surface area contributed by atoms with E-state index in [1.165, 1.54) is 51.4 Å². The maximum atomic E-state index is 12.7. The van der Waals surface area contributed by atoms with Gasteiger partial charge in [-0.3, -0.25) is 14.4 Å². The summed E-state index contributed by atoms with van der Waals surface area (Å²) < 4.78 is 16.6. The molecule has 0 N–H and O–H groups in total. The van der Waals surface area contributed by atoms with Crippen LogP contribution in [0.5, 0.6) is 0 Å². The lowest BCUT2D eigenvalue weighted by molar-refractivity contribution is -0.167. The Morgan fingerprint density at radius 3 is 1.25 bits per heavy atom. The SMILES string of the molecule is CC\C=C/C=C\C=C/C=C\C=C/CCCCCC(=O)OC(COC(=O)CCC/C=C\C/C=C\C/C=C\C/C=C\CCCCC)COC(=O)CCC/C=C\CCCCCC. The van der Waals surface area contributed by atoms with Crippen molar-refractivity contribution < 1.29 is 28.6 Å². The van der Waals surface area contributed by atoms with Gasteiger partial charge in [0, 0.05) is 19.3 Å². The molecule has 0 radical (unpaired) electrons. The van der Waals surface area contributed by atoms with Crippen LogP contribution >= 0.6 is 0 Å². The average molecular weight is 815 g/mol. The van der Waals surface area contributed by atoms with Crippen molar-refractivity contribution in [1.82, 2.24) is 0 Å². The van der Waals surface area contributed by atoms with Crippen LogP contribution in [-0.2, 0) is 28.6 Å². The summed E-state index contributed by atoms with van der Waals surface area (Å²) in [7, 11) is 0. The van der Waals surface area contributed by atoms with Gasteiger partial charge >= 0.3 is 17.9 Å². The van der Waals surface area contributed by atoms with Crippen molar-refractivity contribution in [3.8, 4) is 0 Å². The van der Waals surface area contributed by atoms with E-state index >= 15 is 0 Å². The van der Waals surface area contributed by atoms with E-state index in [0.29, 0.717) is 19.3 Å². The van der Waals surface area contributed by atoms with E-state index < -0.39 is 6.10 Å². The predicted molar refractivity (Wildman–Crippen MR) is 251 cm³/mol. The number of esters is 3. The summed E-state index contributed by atoms with van der Waals surface area (Å²) >= 11 is 0.